The molecule has 2 rings (SSSR count). The summed E-state index contributed by atoms with van der Waals surface area (Å²) in [4.78, 5) is 9.00. The molecule has 154 valence electrons. The van der Waals surface area contributed by atoms with Crippen LogP contribution in [0.5, 0.6) is 0 Å². The Bertz CT molecular complexity index is 570. The fraction of sp³-hybridized carbons (Fsp3) is 0.944. The first-order chi connectivity index (χ1) is 11.6. The van der Waals surface area contributed by atoms with E-state index in [1.54, 1.807) is 20.9 Å². The molecule has 2 aliphatic rings. The number of rotatable bonds is 4. The summed E-state index contributed by atoms with van der Waals surface area (Å²) >= 11 is 0. The smallest absolute Gasteiger partial charge is 0.193 e. The first kappa shape index (κ1) is 23.9. The zero-order chi connectivity index (χ0) is 18.7. The lowest BCUT2D eigenvalue weighted by Crippen LogP contribution is -2.57. The number of piperidine rings is 1. The predicted molar refractivity (Wildman–Crippen MR) is 120 cm³/mol. The van der Waals surface area contributed by atoms with Crippen molar-refractivity contribution in [3.8, 4) is 0 Å². The minimum atomic E-state index is -3.02. The van der Waals surface area contributed by atoms with E-state index in [1.807, 2.05) is 0 Å². The summed E-state index contributed by atoms with van der Waals surface area (Å²) < 4.78 is 23.6. The summed E-state index contributed by atoms with van der Waals surface area (Å²) in [5.41, 5.74) is 0. The van der Waals surface area contributed by atoms with Crippen LogP contribution in [0, 0.1) is 11.8 Å². The lowest BCUT2D eigenvalue weighted by Gasteiger charge is -2.39. The molecule has 0 radical (unpaired) electrons. The normalized spacial score (nSPS) is 29.1. The van der Waals surface area contributed by atoms with E-state index in [9.17, 15) is 8.42 Å². The van der Waals surface area contributed by atoms with Crippen LogP contribution >= 0.6 is 24.0 Å². The van der Waals surface area contributed by atoms with E-state index in [0.717, 1.165) is 37.3 Å². The van der Waals surface area contributed by atoms with Crippen LogP contribution in [0.25, 0.3) is 0 Å². The quantitative estimate of drug-likeness (QED) is 0.277. The Morgan fingerprint density at radius 3 is 2.38 bits per heavy atom. The Morgan fingerprint density at radius 2 is 1.85 bits per heavy atom. The van der Waals surface area contributed by atoms with Gasteiger partial charge in [0.2, 0.25) is 0 Å². The summed E-state index contributed by atoms with van der Waals surface area (Å²) in [5.74, 6) is 2.61. The summed E-state index contributed by atoms with van der Waals surface area (Å²) in [7, 11) is -1.25. The Labute approximate surface area is 177 Å². The van der Waals surface area contributed by atoms with Crippen LogP contribution < -0.4 is 5.32 Å². The molecule has 0 aromatic rings. The monoisotopic (exact) mass is 500 g/mol. The SMILES string of the molecule is CN=C(NCCCN1CC(C)CC(C)C1)N1CCS(=O)(=O)C(C)(C)C1.I. The largest absolute Gasteiger partial charge is 0.356 e. The van der Waals surface area contributed by atoms with Gasteiger partial charge in [0, 0.05) is 39.8 Å². The highest BCUT2D eigenvalue weighted by Crippen LogP contribution is 2.24. The maximum absolute atomic E-state index is 12.2. The van der Waals surface area contributed by atoms with Gasteiger partial charge in [-0.25, -0.2) is 8.42 Å². The number of halogens is 1. The average molecular weight is 500 g/mol. The Hall–Kier alpha value is -0.0900. The van der Waals surface area contributed by atoms with Gasteiger partial charge in [0.1, 0.15) is 0 Å². The fourth-order valence-electron chi connectivity index (χ4n) is 4.13. The van der Waals surface area contributed by atoms with Gasteiger partial charge < -0.3 is 15.1 Å². The molecule has 8 heteroatoms. The second kappa shape index (κ2) is 9.91. The van der Waals surface area contributed by atoms with Crippen LogP contribution in [0.1, 0.15) is 40.5 Å². The second-order valence-electron chi connectivity index (χ2n) is 8.53. The van der Waals surface area contributed by atoms with Crippen molar-refractivity contribution < 1.29 is 8.42 Å². The molecular formula is C18H37IN4O2S. The number of hydrogen-bond donors (Lipinski definition) is 1. The van der Waals surface area contributed by atoms with Gasteiger partial charge >= 0.3 is 0 Å². The van der Waals surface area contributed by atoms with Gasteiger partial charge in [-0.1, -0.05) is 13.8 Å². The van der Waals surface area contributed by atoms with Crippen LogP contribution in [0.4, 0.5) is 0 Å². The second-order valence-corrected chi connectivity index (χ2v) is 11.3. The van der Waals surface area contributed by atoms with E-state index in [2.05, 4.69) is 34.0 Å². The Morgan fingerprint density at radius 1 is 1.23 bits per heavy atom. The molecule has 0 aliphatic carbocycles. The molecule has 2 atom stereocenters. The highest BCUT2D eigenvalue weighted by Gasteiger charge is 2.40. The molecular weight excluding hydrogens is 463 g/mol. The first-order valence-electron chi connectivity index (χ1n) is 9.55. The maximum Gasteiger partial charge on any atom is 0.193 e. The molecule has 0 spiro atoms. The topological polar surface area (TPSA) is 65.0 Å². The van der Waals surface area contributed by atoms with Crippen molar-refractivity contribution in [3.63, 3.8) is 0 Å². The van der Waals surface area contributed by atoms with E-state index in [-0.39, 0.29) is 29.7 Å². The van der Waals surface area contributed by atoms with Crippen molar-refractivity contribution in [1.82, 2.24) is 15.1 Å². The minimum Gasteiger partial charge on any atom is -0.356 e. The van der Waals surface area contributed by atoms with Crippen molar-refractivity contribution in [2.75, 3.05) is 52.1 Å². The van der Waals surface area contributed by atoms with Crippen LogP contribution in [0.15, 0.2) is 4.99 Å². The Kier molecular flexibility index (Phi) is 9.13. The third-order valence-electron chi connectivity index (χ3n) is 5.43. The number of guanidine groups is 1. The van der Waals surface area contributed by atoms with E-state index >= 15 is 0 Å². The molecule has 2 heterocycles. The van der Waals surface area contributed by atoms with E-state index in [0.29, 0.717) is 13.1 Å². The number of hydrogen-bond acceptors (Lipinski definition) is 4. The standard InChI is InChI=1S/C18H36N4O2S.HI/c1-15-11-16(2)13-21(12-15)8-6-7-20-17(19-5)22-9-10-25(23,24)18(3,4)14-22;/h15-16H,6-14H2,1-5H3,(H,19,20);1H. The van der Waals surface area contributed by atoms with Gasteiger partial charge in [-0.15, -0.1) is 24.0 Å². The van der Waals surface area contributed by atoms with Crippen LogP contribution in [-0.2, 0) is 9.84 Å². The molecule has 0 aromatic heterocycles. The molecule has 2 unspecified atom stereocenters. The van der Waals surface area contributed by atoms with Crippen molar-refractivity contribution in [2.45, 2.75) is 45.3 Å². The van der Waals surface area contributed by atoms with Crippen molar-refractivity contribution in [2.24, 2.45) is 16.8 Å². The van der Waals surface area contributed by atoms with Gasteiger partial charge in [0.05, 0.1) is 10.5 Å². The molecule has 0 saturated carbocycles. The van der Waals surface area contributed by atoms with Gasteiger partial charge in [-0.3, -0.25) is 4.99 Å². The highest BCUT2D eigenvalue weighted by molar-refractivity contribution is 14.0. The molecule has 0 amide bonds. The summed E-state index contributed by atoms with van der Waals surface area (Å²) in [6.45, 7) is 13.7. The maximum atomic E-state index is 12.2. The van der Waals surface area contributed by atoms with E-state index in [1.165, 1.54) is 19.5 Å². The summed E-state index contributed by atoms with van der Waals surface area (Å²) in [6, 6.07) is 0. The molecule has 0 aromatic carbocycles. The number of likely N-dealkylation sites (tertiary alicyclic amines) is 1. The van der Waals surface area contributed by atoms with Gasteiger partial charge in [0.15, 0.2) is 15.8 Å². The summed E-state index contributed by atoms with van der Waals surface area (Å²) in [6.07, 6.45) is 2.42. The van der Waals surface area contributed by atoms with Crippen LogP contribution in [-0.4, -0.2) is 81.0 Å². The molecule has 0 bridgehead atoms. The number of sulfone groups is 1. The lowest BCUT2D eigenvalue weighted by molar-refractivity contribution is 0.140. The number of nitrogens with one attached hydrogen (secondary N) is 1. The molecule has 26 heavy (non-hydrogen) atoms. The zero-order valence-corrected chi connectivity index (χ0v) is 20.1. The van der Waals surface area contributed by atoms with E-state index in [4.69, 9.17) is 0 Å². The number of nitrogens with zero attached hydrogens (tertiary/aromatic N) is 3. The van der Waals surface area contributed by atoms with Crippen LogP contribution in [0.2, 0.25) is 0 Å². The minimum absolute atomic E-state index is 0. The predicted octanol–water partition coefficient (Wildman–Crippen LogP) is 2.06. The van der Waals surface area contributed by atoms with Crippen molar-refractivity contribution in [3.05, 3.63) is 0 Å². The molecule has 2 aliphatic heterocycles. The summed E-state index contributed by atoms with van der Waals surface area (Å²) in [5, 5.41) is 3.42. The third kappa shape index (κ3) is 6.22. The highest BCUT2D eigenvalue weighted by atomic mass is 127. The van der Waals surface area contributed by atoms with E-state index < -0.39 is 14.6 Å². The van der Waals surface area contributed by atoms with Gasteiger partial charge in [-0.2, -0.15) is 0 Å². The van der Waals surface area contributed by atoms with Crippen molar-refractivity contribution >= 4 is 39.8 Å². The zero-order valence-electron chi connectivity index (χ0n) is 17.0. The third-order valence-corrected chi connectivity index (χ3v) is 7.97. The van der Waals surface area contributed by atoms with Gasteiger partial charge in [0.25, 0.3) is 0 Å². The van der Waals surface area contributed by atoms with Crippen LogP contribution in [0.3, 0.4) is 0 Å². The van der Waals surface area contributed by atoms with Gasteiger partial charge in [-0.05, 0) is 45.1 Å². The Balaban J connectivity index is 0.00000338. The molecule has 2 fully saturated rings. The molecule has 1 N–H and O–H groups in total. The molecule has 2 saturated heterocycles. The average Bonchev–Trinajstić information content (AvgIpc) is 2.49. The van der Waals surface area contributed by atoms with Crippen molar-refractivity contribution in [1.29, 1.82) is 0 Å². The number of aliphatic imine (C=N–C) groups is 1. The fourth-order valence-corrected chi connectivity index (χ4v) is 5.50. The lowest BCUT2D eigenvalue weighted by atomic mass is 9.92. The molecule has 6 nitrogen and oxygen atoms in total. The first-order valence-corrected chi connectivity index (χ1v) is 11.2.